The van der Waals surface area contributed by atoms with Crippen LogP contribution in [0.4, 0.5) is 0 Å². The number of rotatable bonds is 1. The van der Waals surface area contributed by atoms with Gasteiger partial charge in [-0.25, -0.2) is 15.0 Å². The van der Waals surface area contributed by atoms with Crippen LogP contribution in [0, 0.1) is 0 Å². The van der Waals surface area contributed by atoms with Gasteiger partial charge in [0.1, 0.15) is 0 Å². The molecule has 2 heterocycles. The molecule has 0 amide bonds. The second kappa shape index (κ2) is 3.14. The SMILES string of the molecule is Cn1cncc1-c1ccnc(Cl)n1. The van der Waals surface area contributed by atoms with Crippen LogP contribution in [0.3, 0.4) is 0 Å². The Hall–Kier alpha value is -1.42. The van der Waals surface area contributed by atoms with E-state index in [1.165, 1.54) is 0 Å². The van der Waals surface area contributed by atoms with Crippen molar-refractivity contribution in [2.75, 3.05) is 0 Å². The normalized spacial score (nSPS) is 10.3. The van der Waals surface area contributed by atoms with Crippen molar-refractivity contribution in [2.24, 2.45) is 7.05 Å². The summed E-state index contributed by atoms with van der Waals surface area (Å²) >= 11 is 5.66. The number of nitrogens with zero attached hydrogens (tertiary/aromatic N) is 4. The molecule has 2 aromatic rings. The third-order valence-electron chi connectivity index (χ3n) is 1.71. The Morgan fingerprint density at radius 1 is 1.46 bits per heavy atom. The Bertz CT molecular complexity index is 424. The van der Waals surface area contributed by atoms with Crippen molar-refractivity contribution >= 4 is 11.6 Å². The fourth-order valence-electron chi connectivity index (χ4n) is 1.08. The van der Waals surface area contributed by atoms with E-state index in [0.29, 0.717) is 0 Å². The van der Waals surface area contributed by atoms with E-state index in [0.717, 1.165) is 11.4 Å². The van der Waals surface area contributed by atoms with Crippen LogP contribution in [0.2, 0.25) is 5.28 Å². The predicted octanol–water partition coefficient (Wildman–Crippen LogP) is 1.53. The summed E-state index contributed by atoms with van der Waals surface area (Å²) < 4.78 is 1.87. The molecule has 2 rings (SSSR count). The van der Waals surface area contributed by atoms with Crippen molar-refractivity contribution in [2.45, 2.75) is 0 Å². The number of aromatic nitrogens is 4. The van der Waals surface area contributed by atoms with Gasteiger partial charge < -0.3 is 4.57 Å². The first-order valence-corrected chi connectivity index (χ1v) is 4.10. The molecule has 0 aromatic carbocycles. The molecule has 4 nitrogen and oxygen atoms in total. The molecule has 13 heavy (non-hydrogen) atoms. The monoisotopic (exact) mass is 194 g/mol. The minimum absolute atomic E-state index is 0.249. The first-order valence-electron chi connectivity index (χ1n) is 3.72. The quantitative estimate of drug-likeness (QED) is 0.647. The first-order chi connectivity index (χ1) is 6.27. The summed E-state index contributed by atoms with van der Waals surface area (Å²) in [4.78, 5) is 11.9. The molecule has 0 fully saturated rings. The molecule has 2 aromatic heterocycles. The van der Waals surface area contributed by atoms with Crippen molar-refractivity contribution in [3.05, 3.63) is 30.1 Å². The average molecular weight is 195 g/mol. The Labute approximate surface area is 80.2 Å². The maximum absolute atomic E-state index is 5.66. The van der Waals surface area contributed by atoms with Gasteiger partial charge in [0.05, 0.1) is 23.9 Å². The summed E-state index contributed by atoms with van der Waals surface area (Å²) in [6.07, 6.45) is 5.07. The highest BCUT2D eigenvalue weighted by atomic mass is 35.5. The number of hydrogen-bond donors (Lipinski definition) is 0. The Balaban J connectivity index is 2.53. The predicted molar refractivity (Wildman–Crippen MR) is 49.2 cm³/mol. The van der Waals surface area contributed by atoms with E-state index >= 15 is 0 Å². The van der Waals surface area contributed by atoms with Crippen LogP contribution in [-0.2, 0) is 7.05 Å². The van der Waals surface area contributed by atoms with E-state index in [1.54, 1.807) is 24.8 Å². The maximum atomic E-state index is 5.66. The van der Waals surface area contributed by atoms with E-state index in [4.69, 9.17) is 11.6 Å². The molecule has 0 radical (unpaired) electrons. The number of halogens is 1. The van der Waals surface area contributed by atoms with Gasteiger partial charge >= 0.3 is 0 Å². The summed E-state index contributed by atoms with van der Waals surface area (Å²) in [6, 6.07) is 1.79. The van der Waals surface area contributed by atoms with Gasteiger partial charge in [-0.05, 0) is 17.7 Å². The molecule has 0 unspecified atom stereocenters. The smallest absolute Gasteiger partial charge is 0.222 e. The molecular formula is C8H7ClN4. The van der Waals surface area contributed by atoms with Gasteiger partial charge in [0.25, 0.3) is 0 Å². The highest BCUT2D eigenvalue weighted by Gasteiger charge is 2.03. The van der Waals surface area contributed by atoms with Gasteiger partial charge in [-0.1, -0.05) is 0 Å². The zero-order valence-electron chi connectivity index (χ0n) is 6.98. The molecule has 0 aliphatic heterocycles. The van der Waals surface area contributed by atoms with E-state index in [9.17, 15) is 0 Å². The van der Waals surface area contributed by atoms with E-state index in [-0.39, 0.29) is 5.28 Å². The molecule has 0 N–H and O–H groups in total. The lowest BCUT2D eigenvalue weighted by atomic mass is 10.3. The third kappa shape index (κ3) is 1.53. The Morgan fingerprint density at radius 3 is 2.92 bits per heavy atom. The molecule has 0 bridgehead atoms. The molecule has 0 saturated heterocycles. The lowest BCUT2D eigenvalue weighted by molar-refractivity contribution is 0.914. The van der Waals surface area contributed by atoms with E-state index < -0.39 is 0 Å². The fraction of sp³-hybridized carbons (Fsp3) is 0.125. The van der Waals surface area contributed by atoms with Gasteiger partial charge in [-0.3, -0.25) is 0 Å². The number of imidazole rings is 1. The third-order valence-corrected chi connectivity index (χ3v) is 1.89. The van der Waals surface area contributed by atoms with Crippen LogP contribution < -0.4 is 0 Å². The van der Waals surface area contributed by atoms with Gasteiger partial charge in [-0.15, -0.1) is 0 Å². The Kier molecular flexibility index (Phi) is 1.98. The summed E-state index contributed by atoms with van der Waals surface area (Å²) in [5.41, 5.74) is 1.70. The topological polar surface area (TPSA) is 43.6 Å². The zero-order valence-corrected chi connectivity index (χ0v) is 7.73. The lowest BCUT2D eigenvalue weighted by Gasteiger charge is -1.99. The van der Waals surface area contributed by atoms with Crippen LogP contribution in [-0.4, -0.2) is 19.5 Å². The highest BCUT2D eigenvalue weighted by molar-refractivity contribution is 6.28. The molecule has 0 aliphatic rings. The number of aryl methyl sites for hydroxylation is 1. The number of hydrogen-bond acceptors (Lipinski definition) is 3. The van der Waals surface area contributed by atoms with Gasteiger partial charge in [0.15, 0.2) is 0 Å². The van der Waals surface area contributed by atoms with Crippen LogP contribution in [0.5, 0.6) is 0 Å². The molecule has 0 atom stereocenters. The summed E-state index contributed by atoms with van der Waals surface area (Å²) in [6.45, 7) is 0. The van der Waals surface area contributed by atoms with Crippen LogP contribution in [0.1, 0.15) is 0 Å². The van der Waals surface area contributed by atoms with E-state index in [1.807, 2.05) is 11.6 Å². The fourth-order valence-corrected chi connectivity index (χ4v) is 1.23. The van der Waals surface area contributed by atoms with Crippen molar-refractivity contribution in [1.82, 2.24) is 19.5 Å². The minimum Gasteiger partial charge on any atom is -0.332 e. The van der Waals surface area contributed by atoms with Crippen molar-refractivity contribution in [1.29, 1.82) is 0 Å². The van der Waals surface area contributed by atoms with Gasteiger partial charge in [0.2, 0.25) is 5.28 Å². The maximum Gasteiger partial charge on any atom is 0.222 e. The highest BCUT2D eigenvalue weighted by Crippen LogP contribution is 2.15. The van der Waals surface area contributed by atoms with Crippen molar-refractivity contribution < 1.29 is 0 Å². The van der Waals surface area contributed by atoms with Crippen molar-refractivity contribution in [3.8, 4) is 11.4 Å². The second-order valence-corrected chi connectivity index (χ2v) is 2.94. The van der Waals surface area contributed by atoms with Crippen LogP contribution >= 0.6 is 11.6 Å². The summed E-state index contributed by atoms with van der Waals surface area (Å²) in [5.74, 6) is 0. The average Bonchev–Trinajstić information content (AvgIpc) is 2.51. The largest absolute Gasteiger partial charge is 0.332 e. The molecule has 5 heteroatoms. The molecule has 0 aliphatic carbocycles. The van der Waals surface area contributed by atoms with Gasteiger partial charge in [-0.2, -0.15) is 0 Å². The van der Waals surface area contributed by atoms with Crippen LogP contribution in [0.15, 0.2) is 24.8 Å². The summed E-state index contributed by atoms with van der Waals surface area (Å²) in [5, 5.41) is 0.249. The lowest BCUT2D eigenvalue weighted by Crippen LogP contribution is -1.92. The molecule has 0 spiro atoms. The van der Waals surface area contributed by atoms with Crippen LogP contribution in [0.25, 0.3) is 11.4 Å². The molecule has 66 valence electrons. The Morgan fingerprint density at radius 2 is 2.31 bits per heavy atom. The molecule has 0 saturated carbocycles. The molecular weight excluding hydrogens is 188 g/mol. The van der Waals surface area contributed by atoms with Crippen molar-refractivity contribution in [3.63, 3.8) is 0 Å². The second-order valence-electron chi connectivity index (χ2n) is 2.60. The van der Waals surface area contributed by atoms with Gasteiger partial charge in [0, 0.05) is 13.2 Å². The standard InChI is InChI=1S/C8H7ClN4/c1-13-5-10-4-7(13)6-2-3-11-8(9)12-6/h2-5H,1H3. The van der Waals surface area contributed by atoms with E-state index in [2.05, 4.69) is 15.0 Å². The summed E-state index contributed by atoms with van der Waals surface area (Å²) in [7, 11) is 1.90. The first kappa shape index (κ1) is 8.19. The minimum atomic E-state index is 0.249. The zero-order chi connectivity index (χ0) is 9.26.